The van der Waals surface area contributed by atoms with E-state index in [1.807, 2.05) is 0 Å². The molecule has 0 aliphatic heterocycles. The van der Waals surface area contributed by atoms with Crippen LogP contribution < -0.4 is 0 Å². The molecule has 7 nitrogen and oxygen atoms in total. The molecule has 2 N–H and O–H groups in total. The first-order valence-electron chi connectivity index (χ1n) is 9.84. The van der Waals surface area contributed by atoms with Crippen LogP contribution in [0.1, 0.15) is 91.4 Å². The van der Waals surface area contributed by atoms with E-state index in [4.69, 9.17) is 14.4 Å². The molecule has 0 saturated heterocycles. The Morgan fingerprint density at radius 2 is 1.48 bits per heavy atom. The third kappa shape index (κ3) is 13.6. The highest BCUT2D eigenvalue weighted by atomic mass is 32.2. The minimum Gasteiger partial charge on any atom is -0.481 e. The van der Waals surface area contributed by atoms with E-state index in [0.29, 0.717) is 6.42 Å². The number of hydrogen-bond acceptors (Lipinski definition) is 5. The molecule has 0 rings (SSSR count). The molecule has 0 heterocycles. The molecule has 0 saturated carbocycles. The number of carbonyl (C=O) groups excluding carboxylic acids is 1. The van der Waals surface area contributed by atoms with Gasteiger partial charge in [0.25, 0.3) is 10.1 Å². The Labute approximate surface area is 163 Å². The molecule has 1 atom stereocenters. The number of ether oxygens (including phenoxy) is 1. The zero-order valence-electron chi connectivity index (χ0n) is 16.9. The van der Waals surface area contributed by atoms with Crippen molar-refractivity contribution in [3.63, 3.8) is 0 Å². The highest BCUT2D eigenvalue weighted by Crippen LogP contribution is 2.28. The van der Waals surface area contributed by atoms with Crippen LogP contribution in [-0.4, -0.2) is 41.9 Å². The van der Waals surface area contributed by atoms with E-state index in [1.165, 1.54) is 44.9 Å². The van der Waals surface area contributed by atoms with Gasteiger partial charge in [-0.3, -0.25) is 14.1 Å². The second-order valence-corrected chi connectivity index (χ2v) is 9.51. The van der Waals surface area contributed by atoms with Crippen LogP contribution in [0.4, 0.5) is 0 Å². The maximum Gasteiger partial charge on any atom is 0.327 e. The second kappa shape index (κ2) is 13.1. The van der Waals surface area contributed by atoms with Gasteiger partial charge in [0, 0.05) is 0 Å². The lowest BCUT2D eigenvalue weighted by molar-refractivity contribution is -0.147. The van der Waals surface area contributed by atoms with Crippen molar-refractivity contribution in [1.82, 2.24) is 0 Å². The lowest BCUT2D eigenvalue weighted by Gasteiger charge is -2.24. The predicted octanol–water partition coefficient (Wildman–Crippen LogP) is 4.21. The predicted molar refractivity (Wildman–Crippen MR) is 104 cm³/mol. The van der Waals surface area contributed by atoms with Gasteiger partial charge in [-0.05, 0) is 18.3 Å². The molecule has 0 spiro atoms. The summed E-state index contributed by atoms with van der Waals surface area (Å²) in [7, 11) is -4.81. The first-order chi connectivity index (χ1) is 12.5. The minimum absolute atomic E-state index is 0.00547. The van der Waals surface area contributed by atoms with Crippen molar-refractivity contribution in [2.75, 3.05) is 6.61 Å². The maximum absolute atomic E-state index is 11.8. The van der Waals surface area contributed by atoms with Crippen LogP contribution in [0.2, 0.25) is 0 Å². The third-order valence-corrected chi connectivity index (χ3v) is 5.79. The van der Waals surface area contributed by atoms with E-state index in [2.05, 4.69) is 20.8 Å². The number of hydrogen-bond donors (Lipinski definition) is 2. The molecular formula is C19H36O7S. The number of carboxylic acid groups (broad SMARTS) is 1. The standard InChI is InChI=1S/C19H36O7S/c1-4-5-6-7-8-9-10-11-12-19(2,3)13-14-26-18(22)16(15-17(20)21)27(23,24)25/h16H,4-15H2,1-3H3,(H,20,21)(H,23,24,25). The molecule has 8 heteroatoms. The summed E-state index contributed by atoms with van der Waals surface area (Å²) in [6.07, 6.45) is 10.4. The van der Waals surface area contributed by atoms with Crippen molar-refractivity contribution in [2.24, 2.45) is 5.41 Å². The van der Waals surface area contributed by atoms with Crippen LogP contribution >= 0.6 is 0 Å². The summed E-state index contributed by atoms with van der Waals surface area (Å²) >= 11 is 0. The van der Waals surface area contributed by atoms with E-state index in [1.54, 1.807) is 0 Å². The second-order valence-electron chi connectivity index (χ2n) is 7.91. The van der Waals surface area contributed by atoms with Crippen LogP contribution in [-0.2, 0) is 24.4 Å². The summed E-state index contributed by atoms with van der Waals surface area (Å²) in [6.45, 7) is 6.31. The smallest absolute Gasteiger partial charge is 0.327 e. The molecule has 0 aliphatic carbocycles. The van der Waals surface area contributed by atoms with Gasteiger partial charge in [0.2, 0.25) is 0 Å². The van der Waals surface area contributed by atoms with Crippen LogP contribution in [0.25, 0.3) is 0 Å². The van der Waals surface area contributed by atoms with Crippen molar-refractivity contribution in [3.05, 3.63) is 0 Å². The molecule has 0 bridgehead atoms. The highest BCUT2D eigenvalue weighted by molar-refractivity contribution is 7.87. The summed E-state index contributed by atoms with van der Waals surface area (Å²) < 4.78 is 36.2. The Bertz CT molecular complexity index is 540. The fourth-order valence-electron chi connectivity index (χ4n) is 2.85. The zero-order valence-corrected chi connectivity index (χ0v) is 17.7. The van der Waals surface area contributed by atoms with E-state index >= 15 is 0 Å². The van der Waals surface area contributed by atoms with Gasteiger partial charge in [-0.2, -0.15) is 8.42 Å². The maximum atomic E-state index is 11.8. The topological polar surface area (TPSA) is 118 Å². The monoisotopic (exact) mass is 408 g/mol. The molecule has 0 radical (unpaired) electrons. The highest BCUT2D eigenvalue weighted by Gasteiger charge is 2.35. The molecular weight excluding hydrogens is 372 g/mol. The van der Waals surface area contributed by atoms with Gasteiger partial charge in [0.15, 0.2) is 5.25 Å². The Balaban J connectivity index is 4.11. The Kier molecular flexibility index (Phi) is 12.5. The van der Waals surface area contributed by atoms with Gasteiger partial charge in [0.1, 0.15) is 0 Å². The van der Waals surface area contributed by atoms with Crippen LogP contribution in [0.5, 0.6) is 0 Å². The van der Waals surface area contributed by atoms with E-state index in [-0.39, 0.29) is 12.0 Å². The number of carbonyl (C=O) groups is 2. The largest absolute Gasteiger partial charge is 0.481 e. The molecule has 0 aliphatic rings. The number of carboxylic acids is 1. The first kappa shape index (κ1) is 25.9. The van der Waals surface area contributed by atoms with Gasteiger partial charge in [-0.1, -0.05) is 72.1 Å². The van der Waals surface area contributed by atoms with Gasteiger partial charge in [-0.15, -0.1) is 0 Å². The van der Waals surface area contributed by atoms with Gasteiger partial charge in [0.05, 0.1) is 13.0 Å². The molecule has 0 amide bonds. The van der Waals surface area contributed by atoms with Gasteiger partial charge >= 0.3 is 11.9 Å². The van der Waals surface area contributed by atoms with Crippen LogP contribution in [0.3, 0.4) is 0 Å². The average Bonchev–Trinajstić information content (AvgIpc) is 2.53. The molecule has 27 heavy (non-hydrogen) atoms. The molecule has 1 unspecified atom stereocenters. The number of aliphatic carboxylic acids is 1. The first-order valence-corrected chi connectivity index (χ1v) is 11.3. The molecule has 160 valence electrons. The SMILES string of the molecule is CCCCCCCCCCC(C)(C)CCOC(=O)C(CC(=O)O)S(=O)(=O)O. The van der Waals surface area contributed by atoms with Crippen molar-refractivity contribution < 1.29 is 32.4 Å². The summed E-state index contributed by atoms with van der Waals surface area (Å²) in [4.78, 5) is 22.4. The third-order valence-electron chi connectivity index (χ3n) is 4.71. The van der Waals surface area contributed by atoms with Crippen LogP contribution in [0, 0.1) is 5.41 Å². The van der Waals surface area contributed by atoms with E-state index in [9.17, 15) is 18.0 Å². The zero-order chi connectivity index (χ0) is 20.9. The molecule has 0 fully saturated rings. The van der Waals surface area contributed by atoms with E-state index in [0.717, 1.165) is 12.8 Å². The fraction of sp³-hybridized carbons (Fsp3) is 0.895. The quantitative estimate of drug-likeness (QED) is 0.223. The Morgan fingerprint density at radius 3 is 1.96 bits per heavy atom. The number of rotatable bonds is 16. The van der Waals surface area contributed by atoms with Crippen molar-refractivity contribution in [3.8, 4) is 0 Å². The summed E-state index contributed by atoms with van der Waals surface area (Å²) in [5.41, 5.74) is -0.0666. The fourth-order valence-corrected chi connectivity index (χ4v) is 3.52. The summed E-state index contributed by atoms with van der Waals surface area (Å²) in [6, 6.07) is 0. The summed E-state index contributed by atoms with van der Waals surface area (Å²) in [5, 5.41) is 6.59. The lowest BCUT2D eigenvalue weighted by Crippen LogP contribution is -2.34. The Hall–Kier alpha value is -1.15. The van der Waals surface area contributed by atoms with Crippen LogP contribution in [0.15, 0.2) is 0 Å². The molecule has 0 aromatic heterocycles. The molecule has 0 aromatic carbocycles. The average molecular weight is 409 g/mol. The lowest BCUT2D eigenvalue weighted by atomic mass is 9.84. The van der Waals surface area contributed by atoms with Crippen molar-refractivity contribution in [2.45, 2.75) is 96.7 Å². The Morgan fingerprint density at radius 1 is 0.963 bits per heavy atom. The minimum atomic E-state index is -4.81. The number of esters is 1. The van der Waals surface area contributed by atoms with Gasteiger partial charge in [-0.25, -0.2) is 0 Å². The molecule has 0 aromatic rings. The normalized spacial score (nSPS) is 13.3. The van der Waals surface area contributed by atoms with Gasteiger partial charge < -0.3 is 9.84 Å². The van der Waals surface area contributed by atoms with E-state index < -0.39 is 33.7 Å². The summed E-state index contributed by atoms with van der Waals surface area (Å²) in [5.74, 6) is -2.72. The van der Waals surface area contributed by atoms with Crippen molar-refractivity contribution >= 4 is 22.1 Å². The van der Waals surface area contributed by atoms with Crippen molar-refractivity contribution in [1.29, 1.82) is 0 Å². The number of unbranched alkanes of at least 4 members (excludes halogenated alkanes) is 7.